The Morgan fingerprint density at radius 1 is 0.963 bits per heavy atom. The highest BCUT2D eigenvalue weighted by molar-refractivity contribution is 5.92. The van der Waals surface area contributed by atoms with E-state index < -0.39 is 0 Å². The van der Waals surface area contributed by atoms with E-state index in [0.717, 1.165) is 12.0 Å². The van der Waals surface area contributed by atoms with Gasteiger partial charge in [0.2, 0.25) is 5.91 Å². The van der Waals surface area contributed by atoms with Crippen molar-refractivity contribution in [3.63, 3.8) is 0 Å². The first-order valence-corrected chi connectivity index (χ1v) is 9.35. The molecular formula is C21H22N4O2. The molecule has 27 heavy (non-hydrogen) atoms. The van der Waals surface area contributed by atoms with Crippen molar-refractivity contribution in [2.24, 2.45) is 11.0 Å². The van der Waals surface area contributed by atoms with Crippen LogP contribution in [0.5, 0.6) is 0 Å². The van der Waals surface area contributed by atoms with Crippen LogP contribution >= 0.6 is 0 Å². The van der Waals surface area contributed by atoms with Gasteiger partial charge in [0.05, 0.1) is 6.04 Å². The van der Waals surface area contributed by atoms with Crippen molar-refractivity contribution in [2.45, 2.75) is 25.3 Å². The van der Waals surface area contributed by atoms with Gasteiger partial charge >= 0.3 is 0 Å². The van der Waals surface area contributed by atoms with Gasteiger partial charge in [0, 0.05) is 37.8 Å². The number of hydrazone groups is 1. The summed E-state index contributed by atoms with van der Waals surface area (Å²) in [6, 6.07) is 15.3. The Labute approximate surface area is 158 Å². The van der Waals surface area contributed by atoms with Gasteiger partial charge in [0.15, 0.2) is 0 Å². The fraction of sp³-hybridized carbons (Fsp3) is 0.333. The predicted octanol–water partition coefficient (Wildman–Crippen LogP) is 2.89. The summed E-state index contributed by atoms with van der Waals surface area (Å²) in [5, 5.41) is 5.97. The highest BCUT2D eigenvalue weighted by Gasteiger charge is 2.35. The zero-order valence-corrected chi connectivity index (χ0v) is 15.1. The second-order valence-corrected chi connectivity index (χ2v) is 6.92. The quantitative estimate of drug-likeness (QED) is 0.843. The molecule has 0 radical (unpaired) electrons. The Balaban J connectivity index is 1.38. The maximum absolute atomic E-state index is 13.0. The minimum atomic E-state index is -0.0979. The van der Waals surface area contributed by atoms with Gasteiger partial charge in [-0.25, -0.2) is 5.01 Å². The standard InChI is InChI=1S/C21H22N4O2/c26-20(25-19(9-13-23-25)16-6-2-1-3-7-16)17-10-14-24(15-11-17)21(27)18-8-4-5-12-22-18/h1-8,12-13,17,19H,9-11,14-15H2. The van der Waals surface area contributed by atoms with E-state index in [1.165, 1.54) is 0 Å². The Kier molecular flexibility index (Phi) is 4.96. The van der Waals surface area contributed by atoms with E-state index in [9.17, 15) is 9.59 Å². The summed E-state index contributed by atoms with van der Waals surface area (Å²) in [6.07, 6.45) is 5.50. The molecule has 1 atom stereocenters. The number of carbonyl (C=O) groups is 2. The molecule has 1 aromatic heterocycles. The zero-order chi connectivity index (χ0) is 18.6. The number of hydrogen-bond acceptors (Lipinski definition) is 4. The van der Waals surface area contributed by atoms with Crippen LogP contribution in [0, 0.1) is 5.92 Å². The highest BCUT2D eigenvalue weighted by Crippen LogP contribution is 2.31. The maximum Gasteiger partial charge on any atom is 0.272 e. The van der Waals surface area contributed by atoms with Crippen LogP contribution in [-0.2, 0) is 4.79 Å². The molecular weight excluding hydrogens is 340 g/mol. The van der Waals surface area contributed by atoms with E-state index in [0.29, 0.717) is 31.6 Å². The minimum absolute atomic E-state index is 0.0214. The maximum atomic E-state index is 13.0. The molecule has 1 aromatic carbocycles. The average molecular weight is 362 g/mol. The Bertz CT molecular complexity index is 830. The van der Waals surface area contributed by atoms with E-state index in [1.807, 2.05) is 42.6 Å². The number of carbonyl (C=O) groups excluding carboxylic acids is 2. The fourth-order valence-electron chi connectivity index (χ4n) is 3.75. The second-order valence-electron chi connectivity index (χ2n) is 6.92. The molecule has 6 nitrogen and oxygen atoms in total. The van der Waals surface area contributed by atoms with E-state index in [4.69, 9.17) is 0 Å². The lowest BCUT2D eigenvalue weighted by atomic mass is 9.94. The van der Waals surface area contributed by atoms with E-state index in [2.05, 4.69) is 10.1 Å². The molecule has 2 aromatic rings. The average Bonchev–Trinajstić information content (AvgIpc) is 3.24. The summed E-state index contributed by atoms with van der Waals surface area (Å²) in [7, 11) is 0. The molecule has 138 valence electrons. The van der Waals surface area contributed by atoms with Gasteiger partial charge in [-0.05, 0) is 30.5 Å². The molecule has 0 N–H and O–H groups in total. The van der Waals surface area contributed by atoms with Crippen molar-refractivity contribution >= 4 is 18.0 Å². The lowest BCUT2D eigenvalue weighted by molar-refractivity contribution is -0.138. The van der Waals surface area contributed by atoms with Crippen LogP contribution in [0.2, 0.25) is 0 Å². The van der Waals surface area contributed by atoms with Crippen LogP contribution in [0.25, 0.3) is 0 Å². The molecule has 0 aliphatic carbocycles. The third-order valence-electron chi connectivity index (χ3n) is 5.26. The normalized spacial score (nSPS) is 20.1. The second kappa shape index (κ2) is 7.70. The summed E-state index contributed by atoms with van der Waals surface area (Å²) in [5.74, 6) is -0.107. The number of benzene rings is 1. The Morgan fingerprint density at radius 3 is 2.41 bits per heavy atom. The minimum Gasteiger partial charge on any atom is -0.337 e. The lowest BCUT2D eigenvalue weighted by Crippen LogP contribution is -2.43. The summed E-state index contributed by atoms with van der Waals surface area (Å²) < 4.78 is 0. The van der Waals surface area contributed by atoms with Gasteiger partial charge in [0.25, 0.3) is 5.91 Å². The molecule has 2 amide bonds. The van der Waals surface area contributed by atoms with Crippen LogP contribution < -0.4 is 0 Å². The zero-order valence-electron chi connectivity index (χ0n) is 15.1. The van der Waals surface area contributed by atoms with Gasteiger partial charge in [-0.1, -0.05) is 36.4 Å². The first-order valence-electron chi connectivity index (χ1n) is 9.35. The van der Waals surface area contributed by atoms with Crippen LogP contribution in [-0.4, -0.2) is 46.0 Å². The molecule has 1 saturated heterocycles. The number of piperidine rings is 1. The number of nitrogens with zero attached hydrogens (tertiary/aromatic N) is 4. The van der Waals surface area contributed by atoms with Crippen LogP contribution in [0.3, 0.4) is 0 Å². The summed E-state index contributed by atoms with van der Waals surface area (Å²) in [6.45, 7) is 1.14. The van der Waals surface area contributed by atoms with Crippen LogP contribution in [0.1, 0.15) is 41.4 Å². The van der Waals surface area contributed by atoms with Crippen molar-refractivity contribution < 1.29 is 9.59 Å². The molecule has 6 heteroatoms. The Hall–Kier alpha value is -3.02. The number of aromatic nitrogens is 1. The number of rotatable bonds is 3. The Morgan fingerprint density at radius 2 is 1.70 bits per heavy atom. The van der Waals surface area contributed by atoms with Crippen molar-refractivity contribution in [2.75, 3.05) is 13.1 Å². The highest BCUT2D eigenvalue weighted by atomic mass is 16.2. The van der Waals surface area contributed by atoms with Crippen molar-refractivity contribution in [3.8, 4) is 0 Å². The van der Waals surface area contributed by atoms with Crippen molar-refractivity contribution in [1.29, 1.82) is 0 Å². The van der Waals surface area contributed by atoms with E-state index >= 15 is 0 Å². The number of hydrogen-bond donors (Lipinski definition) is 0. The van der Waals surface area contributed by atoms with Gasteiger partial charge in [-0.15, -0.1) is 0 Å². The molecule has 2 aliphatic heterocycles. The summed E-state index contributed by atoms with van der Waals surface area (Å²) in [4.78, 5) is 31.5. The third kappa shape index (κ3) is 3.60. The van der Waals surface area contributed by atoms with Gasteiger partial charge in [-0.2, -0.15) is 5.10 Å². The monoisotopic (exact) mass is 362 g/mol. The number of likely N-dealkylation sites (tertiary alicyclic amines) is 1. The van der Waals surface area contributed by atoms with Crippen molar-refractivity contribution in [3.05, 3.63) is 66.0 Å². The van der Waals surface area contributed by atoms with E-state index in [1.54, 1.807) is 28.2 Å². The first-order chi connectivity index (χ1) is 13.2. The SMILES string of the molecule is O=C(c1ccccn1)N1CCC(C(=O)N2N=CCC2c2ccccc2)CC1. The largest absolute Gasteiger partial charge is 0.337 e. The van der Waals surface area contributed by atoms with Gasteiger partial charge in [-0.3, -0.25) is 14.6 Å². The summed E-state index contributed by atoms with van der Waals surface area (Å²) >= 11 is 0. The van der Waals surface area contributed by atoms with Gasteiger partial charge < -0.3 is 4.90 Å². The molecule has 0 spiro atoms. The molecule has 1 unspecified atom stereocenters. The molecule has 2 aliphatic rings. The predicted molar refractivity (Wildman–Crippen MR) is 102 cm³/mol. The lowest BCUT2D eigenvalue weighted by Gasteiger charge is -2.33. The summed E-state index contributed by atoms with van der Waals surface area (Å²) in [5.41, 5.74) is 1.56. The van der Waals surface area contributed by atoms with E-state index in [-0.39, 0.29) is 23.8 Å². The number of pyridine rings is 1. The van der Waals surface area contributed by atoms with Gasteiger partial charge in [0.1, 0.15) is 5.69 Å². The molecule has 4 rings (SSSR count). The third-order valence-corrected chi connectivity index (χ3v) is 5.26. The van der Waals surface area contributed by atoms with Crippen LogP contribution in [0.4, 0.5) is 0 Å². The first kappa shape index (κ1) is 17.4. The fourth-order valence-corrected chi connectivity index (χ4v) is 3.75. The van der Waals surface area contributed by atoms with Crippen LogP contribution in [0.15, 0.2) is 59.8 Å². The molecule has 1 fully saturated rings. The topological polar surface area (TPSA) is 65.9 Å². The molecule has 3 heterocycles. The van der Waals surface area contributed by atoms with Crippen molar-refractivity contribution in [1.82, 2.24) is 14.9 Å². The number of amides is 2. The molecule has 0 bridgehead atoms. The smallest absolute Gasteiger partial charge is 0.272 e. The molecule has 0 saturated carbocycles.